The molecule has 0 radical (unpaired) electrons. The number of nitrogens with zero attached hydrogens (tertiary/aromatic N) is 2. The molecule has 2 N–H and O–H groups in total. The quantitative estimate of drug-likeness (QED) is 0.709. The second-order valence-electron chi connectivity index (χ2n) is 4.59. The van der Waals surface area contributed by atoms with E-state index in [0.717, 1.165) is 19.3 Å². The Morgan fingerprint density at radius 3 is 2.39 bits per heavy atom. The maximum atomic E-state index is 12.4. The Bertz CT molecular complexity index is 405. The summed E-state index contributed by atoms with van der Waals surface area (Å²) in [4.78, 5) is 11.1. The van der Waals surface area contributed by atoms with Gasteiger partial charge in [0, 0.05) is 19.6 Å². The number of hydrogen-bond donors (Lipinski definition) is 1. The Morgan fingerprint density at radius 1 is 1.11 bits per heavy atom. The number of carbonyl (C=O) groups is 1. The third kappa shape index (κ3) is 2.82. The van der Waals surface area contributed by atoms with E-state index in [1.165, 1.54) is 8.61 Å². The zero-order valence-electron chi connectivity index (χ0n) is 10.2. The largest absolute Gasteiger partial charge is 0.367 e. The van der Waals surface area contributed by atoms with E-state index in [-0.39, 0.29) is 19.7 Å². The third-order valence-electron chi connectivity index (χ3n) is 3.31. The number of primary amides is 1. The first-order valence-corrected chi connectivity index (χ1v) is 7.57. The summed E-state index contributed by atoms with van der Waals surface area (Å²) in [5.41, 5.74) is 5.15. The number of morpholine rings is 1. The highest BCUT2D eigenvalue weighted by Gasteiger charge is 2.36. The summed E-state index contributed by atoms with van der Waals surface area (Å²) in [6.45, 7) is 1.62. The van der Waals surface area contributed by atoms with Gasteiger partial charge in [-0.15, -0.1) is 0 Å². The molecule has 2 fully saturated rings. The molecule has 2 aliphatic rings. The lowest BCUT2D eigenvalue weighted by Crippen LogP contribution is -2.54. The van der Waals surface area contributed by atoms with Crippen molar-refractivity contribution in [1.82, 2.24) is 8.61 Å². The second kappa shape index (κ2) is 5.52. The number of amides is 1. The first-order chi connectivity index (χ1) is 8.51. The predicted octanol–water partition coefficient (Wildman–Crippen LogP) is -1.10. The van der Waals surface area contributed by atoms with Crippen molar-refractivity contribution in [1.29, 1.82) is 0 Å². The van der Waals surface area contributed by atoms with Gasteiger partial charge in [-0.05, 0) is 12.8 Å². The summed E-state index contributed by atoms with van der Waals surface area (Å²) in [6.07, 6.45) is 2.02. The monoisotopic (exact) mass is 277 g/mol. The Hall–Kier alpha value is -0.700. The molecule has 0 aromatic rings. The molecule has 2 aliphatic heterocycles. The Balaban J connectivity index is 2.06. The van der Waals surface area contributed by atoms with Crippen LogP contribution < -0.4 is 5.73 Å². The lowest BCUT2D eigenvalue weighted by molar-refractivity contribution is -0.132. The minimum Gasteiger partial charge on any atom is -0.367 e. The van der Waals surface area contributed by atoms with Crippen molar-refractivity contribution in [2.24, 2.45) is 5.73 Å². The van der Waals surface area contributed by atoms with Crippen molar-refractivity contribution in [3.63, 3.8) is 0 Å². The maximum Gasteiger partial charge on any atom is 0.282 e. The van der Waals surface area contributed by atoms with Crippen molar-refractivity contribution in [2.75, 3.05) is 32.8 Å². The van der Waals surface area contributed by atoms with E-state index in [1.54, 1.807) is 0 Å². The van der Waals surface area contributed by atoms with Gasteiger partial charge in [0.05, 0.1) is 13.2 Å². The summed E-state index contributed by atoms with van der Waals surface area (Å²) in [7, 11) is -3.47. The Kier molecular flexibility index (Phi) is 4.21. The molecule has 0 aromatic heterocycles. The molecule has 0 aliphatic carbocycles. The van der Waals surface area contributed by atoms with E-state index in [0.29, 0.717) is 13.1 Å². The first-order valence-electron chi connectivity index (χ1n) is 6.18. The van der Waals surface area contributed by atoms with Crippen LogP contribution in [0.4, 0.5) is 0 Å². The van der Waals surface area contributed by atoms with Crippen LogP contribution in [0, 0.1) is 0 Å². The summed E-state index contributed by atoms with van der Waals surface area (Å²) in [6, 6.07) is 0. The van der Waals surface area contributed by atoms with Gasteiger partial charge >= 0.3 is 0 Å². The van der Waals surface area contributed by atoms with Crippen LogP contribution in [0.1, 0.15) is 19.3 Å². The highest BCUT2D eigenvalue weighted by atomic mass is 32.2. The standard InChI is InChI=1S/C10H19N3O4S/c11-10(14)9-8-13(6-7-17-9)18(15,16)12-4-2-1-3-5-12/h9H,1-8H2,(H2,11,14). The van der Waals surface area contributed by atoms with Gasteiger partial charge in [0.25, 0.3) is 10.2 Å². The Labute approximate surface area is 107 Å². The zero-order valence-corrected chi connectivity index (χ0v) is 11.1. The van der Waals surface area contributed by atoms with Gasteiger partial charge in [-0.25, -0.2) is 0 Å². The van der Waals surface area contributed by atoms with Crippen LogP contribution in [0.15, 0.2) is 0 Å². The van der Waals surface area contributed by atoms with E-state index >= 15 is 0 Å². The number of rotatable bonds is 3. The number of nitrogens with two attached hydrogens (primary N) is 1. The summed E-state index contributed by atoms with van der Waals surface area (Å²) in [5, 5.41) is 0. The molecule has 7 nitrogen and oxygen atoms in total. The number of ether oxygens (including phenoxy) is 1. The smallest absolute Gasteiger partial charge is 0.282 e. The highest BCUT2D eigenvalue weighted by Crippen LogP contribution is 2.18. The van der Waals surface area contributed by atoms with Crippen LogP contribution in [-0.4, -0.2) is 61.8 Å². The third-order valence-corrected chi connectivity index (χ3v) is 5.32. The van der Waals surface area contributed by atoms with Crippen LogP contribution >= 0.6 is 0 Å². The molecule has 18 heavy (non-hydrogen) atoms. The number of carbonyl (C=O) groups excluding carboxylic acids is 1. The number of hydrogen-bond acceptors (Lipinski definition) is 4. The van der Waals surface area contributed by atoms with Crippen molar-refractivity contribution in [2.45, 2.75) is 25.4 Å². The molecule has 1 unspecified atom stereocenters. The number of piperidine rings is 1. The topological polar surface area (TPSA) is 92.9 Å². The molecule has 2 heterocycles. The summed E-state index contributed by atoms with van der Waals surface area (Å²) < 4.78 is 32.6. The first kappa shape index (κ1) is 13.7. The fourth-order valence-corrected chi connectivity index (χ4v) is 3.94. The molecular formula is C10H19N3O4S. The molecule has 0 saturated carbocycles. The second-order valence-corrected chi connectivity index (χ2v) is 6.52. The molecule has 0 bridgehead atoms. The molecular weight excluding hydrogens is 258 g/mol. The predicted molar refractivity (Wildman–Crippen MR) is 64.9 cm³/mol. The van der Waals surface area contributed by atoms with Gasteiger partial charge in [-0.3, -0.25) is 4.79 Å². The lowest BCUT2D eigenvalue weighted by Gasteiger charge is -2.35. The van der Waals surface area contributed by atoms with Crippen molar-refractivity contribution >= 4 is 16.1 Å². The van der Waals surface area contributed by atoms with Crippen LogP contribution in [0.3, 0.4) is 0 Å². The summed E-state index contributed by atoms with van der Waals surface area (Å²) in [5.74, 6) is -0.617. The Morgan fingerprint density at radius 2 is 1.78 bits per heavy atom. The molecule has 2 saturated heterocycles. The van der Waals surface area contributed by atoms with E-state index < -0.39 is 22.2 Å². The van der Waals surface area contributed by atoms with Gasteiger partial charge in [0.1, 0.15) is 6.10 Å². The van der Waals surface area contributed by atoms with E-state index in [1.807, 2.05) is 0 Å². The molecule has 104 valence electrons. The van der Waals surface area contributed by atoms with Crippen molar-refractivity contribution in [3.8, 4) is 0 Å². The minimum atomic E-state index is -3.47. The van der Waals surface area contributed by atoms with Crippen LogP contribution in [0.2, 0.25) is 0 Å². The SMILES string of the molecule is NC(=O)C1CN(S(=O)(=O)N2CCCCC2)CCO1. The van der Waals surface area contributed by atoms with E-state index in [4.69, 9.17) is 10.5 Å². The van der Waals surface area contributed by atoms with Crippen LogP contribution in [0.25, 0.3) is 0 Å². The van der Waals surface area contributed by atoms with E-state index in [9.17, 15) is 13.2 Å². The zero-order chi connectivity index (χ0) is 13.2. The summed E-state index contributed by atoms with van der Waals surface area (Å²) >= 11 is 0. The molecule has 1 amide bonds. The fourth-order valence-electron chi connectivity index (χ4n) is 2.27. The van der Waals surface area contributed by atoms with E-state index in [2.05, 4.69) is 0 Å². The lowest BCUT2D eigenvalue weighted by atomic mass is 10.2. The van der Waals surface area contributed by atoms with Crippen molar-refractivity contribution < 1.29 is 17.9 Å². The average Bonchev–Trinajstić information content (AvgIpc) is 2.40. The average molecular weight is 277 g/mol. The fraction of sp³-hybridized carbons (Fsp3) is 0.900. The van der Waals surface area contributed by atoms with Gasteiger partial charge < -0.3 is 10.5 Å². The molecule has 8 heteroatoms. The maximum absolute atomic E-state index is 12.4. The highest BCUT2D eigenvalue weighted by molar-refractivity contribution is 7.86. The van der Waals surface area contributed by atoms with Crippen LogP contribution in [-0.2, 0) is 19.7 Å². The van der Waals surface area contributed by atoms with Gasteiger partial charge in [-0.2, -0.15) is 17.0 Å². The molecule has 0 aromatic carbocycles. The molecule has 0 spiro atoms. The van der Waals surface area contributed by atoms with Crippen LogP contribution in [0.5, 0.6) is 0 Å². The van der Waals surface area contributed by atoms with Gasteiger partial charge in [0.2, 0.25) is 5.91 Å². The van der Waals surface area contributed by atoms with Crippen molar-refractivity contribution in [3.05, 3.63) is 0 Å². The molecule has 1 atom stereocenters. The molecule has 2 rings (SSSR count). The minimum absolute atomic E-state index is 0.0220. The normalized spacial score (nSPS) is 28.1. The van der Waals surface area contributed by atoms with Gasteiger partial charge in [-0.1, -0.05) is 6.42 Å². The van der Waals surface area contributed by atoms with Gasteiger partial charge in [0.15, 0.2) is 0 Å².